The summed E-state index contributed by atoms with van der Waals surface area (Å²) in [7, 11) is 0. The molecule has 1 aliphatic carbocycles. The van der Waals surface area contributed by atoms with Gasteiger partial charge in [0.1, 0.15) is 5.82 Å². The van der Waals surface area contributed by atoms with Gasteiger partial charge in [0, 0.05) is 29.5 Å². The second-order valence-electron chi connectivity index (χ2n) is 7.93. The molecule has 3 aromatic rings. The summed E-state index contributed by atoms with van der Waals surface area (Å²) >= 11 is 5.88. The van der Waals surface area contributed by atoms with Gasteiger partial charge in [-0.25, -0.2) is 13.8 Å². The zero-order valence-corrected chi connectivity index (χ0v) is 18.4. The number of pyridine rings is 2. The average molecular weight is 473 g/mol. The van der Waals surface area contributed by atoms with E-state index in [1.807, 2.05) is 0 Å². The first-order valence-corrected chi connectivity index (χ1v) is 10.9. The van der Waals surface area contributed by atoms with Crippen molar-refractivity contribution in [1.29, 1.82) is 0 Å². The maximum absolute atomic E-state index is 14.7. The van der Waals surface area contributed by atoms with E-state index in [0.29, 0.717) is 11.4 Å². The van der Waals surface area contributed by atoms with Crippen molar-refractivity contribution in [3.8, 4) is 11.3 Å². The van der Waals surface area contributed by atoms with E-state index < -0.39 is 17.5 Å². The van der Waals surface area contributed by atoms with Gasteiger partial charge in [0.15, 0.2) is 17.5 Å². The molecule has 4 rings (SSSR count). The molecule has 1 unspecified atom stereocenters. The highest BCUT2D eigenvalue weighted by molar-refractivity contribution is 6.31. The number of primary amides is 1. The molecular formula is C23H23ClF2N6O. The zero-order chi connectivity index (χ0) is 23.5. The summed E-state index contributed by atoms with van der Waals surface area (Å²) in [6, 6.07) is 8.55. The molecule has 0 spiro atoms. The summed E-state index contributed by atoms with van der Waals surface area (Å²) in [5.41, 5.74) is 12.5. The molecule has 7 nitrogen and oxygen atoms in total. The van der Waals surface area contributed by atoms with E-state index >= 15 is 0 Å². The van der Waals surface area contributed by atoms with Crippen molar-refractivity contribution in [2.24, 2.45) is 11.5 Å². The molecule has 0 saturated heterocycles. The van der Waals surface area contributed by atoms with Crippen molar-refractivity contribution in [1.82, 2.24) is 9.97 Å². The number of rotatable bonds is 6. The molecule has 1 saturated carbocycles. The van der Waals surface area contributed by atoms with Crippen LogP contribution in [0.2, 0.25) is 5.02 Å². The van der Waals surface area contributed by atoms with Gasteiger partial charge >= 0.3 is 0 Å². The van der Waals surface area contributed by atoms with Gasteiger partial charge in [0.25, 0.3) is 5.91 Å². The fraction of sp³-hybridized carbons (Fsp3) is 0.261. The van der Waals surface area contributed by atoms with Crippen LogP contribution in [-0.2, 0) is 0 Å². The molecule has 0 radical (unpaired) electrons. The Hall–Kier alpha value is -3.30. The minimum absolute atomic E-state index is 0.0273. The highest BCUT2D eigenvalue weighted by atomic mass is 35.5. The van der Waals surface area contributed by atoms with E-state index in [9.17, 15) is 13.6 Å². The third-order valence-electron chi connectivity index (χ3n) is 5.63. The minimum atomic E-state index is -0.847. The summed E-state index contributed by atoms with van der Waals surface area (Å²) in [5.74, 6) is -2.13. The fourth-order valence-corrected chi connectivity index (χ4v) is 4.06. The lowest BCUT2D eigenvalue weighted by atomic mass is 9.91. The van der Waals surface area contributed by atoms with Crippen molar-refractivity contribution in [3.05, 3.63) is 64.8 Å². The molecule has 2 heterocycles. The maximum Gasteiger partial charge on any atom is 0.252 e. The lowest BCUT2D eigenvalue weighted by Gasteiger charge is -2.30. The van der Waals surface area contributed by atoms with Crippen LogP contribution in [0.1, 0.15) is 36.0 Å². The van der Waals surface area contributed by atoms with Gasteiger partial charge in [-0.15, -0.1) is 0 Å². The highest BCUT2D eigenvalue weighted by Gasteiger charge is 2.24. The van der Waals surface area contributed by atoms with E-state index in [0.717, 1.165) is 31.7 Å². The Balaban J connectivity index is 1.67. The standard InChI is InChI=1S/C23H23ClF2N6O/c24-15-5-3-4-13(20(15)26)19-10-12(8-9-29-19)30-22-14(21(28)33)11-16(25)23(32-22)31-18-7-2-1-6-17(18)27/h3-5,8-11,17-18H,1-2,6-7,27H2,(H2,28,33)(H2,29,30,31,32)/t17-,18?/m0/s1. The van der Waals surface area contributed by atoms with Gasteiger partial charge in [-0.2, -0.15) is 0 Å². The number of anilines is 3. The van der Waals surface area contributed by atoms with Crippen molar-refractivity contribution < 1.29 is 13.6 Å². The molecule has 2 aromatic heterocycles. The summed E-state index contributed by atoms with van der Waals surface area (Å²) < 4.78 is 29.2. The Labute approximate surface area is 194 Å². The number of carbonyl (C=O) groups excluding carboxylic acids is 1. The SMILES string of the molecule is NC(=O)c1cc(F)c(NC2CCCC[C@@H]2N)nc1Nc1ccnc(-c2cccc(Cl)c2F)c1. The van der Waals surface area contributed by atoms with Gasteiger partial charge < -0.3 is 22.1 Å². The van der Waals surface area contributed by atoms with Crippen LogP contribution in [0.15, 0.2) is 42.6 Å². The second-order valence-corrected chi connectivity index (χ2v) is 8.34. The molecule has 1 aromatic carbocycles. The van der Waals surface area contributed by atoms with Gasteiger partial charge in [-0.1, -0.05) is 30.5 Å². The molecule has 172 valence electrons. The number of amides is 1. The highest BCUT2D eigenvalue weighted by Crippen LogP contribution is 2.30. The number of halogens is 3. The Morgan fingerprint density at radius 2 is 1.91 bits per heavy atom. The predicted molar refractivity (Wildman–Crippen MR) is 124 cm³/mol. The Bertz CT molecular complexity index is 1190. The summed E-state index contributed by atoms with van der Waals surface area (Å²) in [6.07, 6.45) is 5.11. The largest absolute Gasteiger partial charge is 0.365 e. The van der Waals surface area contributed by atoms with Crippen LogP contribution >= 0.6 is 11.6 Å². The molecule has 33 heavy (non-hydrogen) atoms. The van der Waals surface area contributed by atoms with Gasteiger partial charge in [-0.05, 0) is 43.2 Å². The summed E-state index contributed by atoms with van der Waals surface area (Å²) in [4.78, 5) is 20.4. The first-order valence-electron chi connectivity index (χ1n) is 10.5. The van der Waals surface area contributed by atoms with Crippen LogP contribution in [0.3, 0.4) is 0 Å². The van der Waals surface area contributed by atoms with Crippen molar-refractivity contribution in [2.45, 2.75) is 37.8 Å². The maximum atomic E-state index is 14.7. The van der Waals surface area contributed by atoms with Crippen LogP contribution in [-0.4, -0.2) is 28.0 Å². The first-order chi connectivity index (χ1) is 15.8. The van der Waals surface area contributed by atoms with Crippen LogP contribution in [0.4, 0.5) is 26.1 Å². The molecule has 6 N–H and O–H groups in total. The normalized spacial score (nSPS) is 18.1. The number of nitrogens with zero attached hydrogens (tertiary/aromatic N) is 2. The molecule has 2 atom stereocenters. The summed E-state index contributed by atoms with van der Waals surface area (Å²) in [6.45, 7) is 0. The number of hydrogen-bond donors (Lipinski definition) is 4. The lowest BCUT2D eigenvalue weighted by molar-refractivity contribution is 0.100. The van der Waals surface area contributed by atoms with Crippen LogP contribution in [0.25, 0.3) is 11.3 Å². The Morgan fingerprint density at radius 1 is 1.12 bits per heavy atom. The Kier molecular flexibility index (Phi) is 6.71. The number of benzene rings is 1. The van der Waals surface area contributed by atoms with Crippen molar-refractivity contribution in [3.63, 3.8) is 0 Å². The molecule has 0 bridgehead atoms. The summed E-state index contributed by atoms with van der Waals surface area (Å²) in [5, 5.41) is 6.00. The van der Waals surface area contributed by atoms with Gasteiger partial charge in [-0.3, -0.25) is 9.78 Å². The average Bonchev–Trinajstić information content (AvgIpc) is 2.79. The number of nitrogens with two attached hydrogens (primary N) is 2. The Morgan fingerprint density at radius 3 is 2.67 bits per heavy atom. The third kappa shape index (κ3) is 5.04. The van der Waals surface area contributed by atoms with Gasteiger partial charge in [0.2, 0.25) is 0 Å². The number of aromatic nitrogens is 2. The van der Waals surface area contributed by atoms with E-state index in [2.05, 4.69) is 20.6 Å². The monoisotopic (exact) mass is 472 g/mol. The number of nitrogens with one attached hydrogen (secondary N) is 2. The molecule has 0 aliphatic heterocycles. The second kappa shape index (κ2) is 9.68. The molecule has 1 fully saturated rings. The topological polar surface area (TPSA) is 119 Å². The van der Waals surface area contributed by atoms with Crippen LogP contribution in [0, 0.1) is 11.6 Å². The predicted octanol–water partition coefficient (Wildman–Crippen LogP) is 4.60. The first kappa shape index (κ1) is 22.9. The van der Waals surface area contributed by atoms with Crippen LogP contribution in [0.5, 0.6) is 0 Å². The van der Waals surface area contributed by atoms with Gasteiger partial charge in [0.05, 0.1) is 16.3 Å². The number of hydrogen-bond acceptors (Lipinski definition) is 6. The van der Waals surface area contributed by atoms with E-state index in [4.69, 9.17) is 23.1 Å². The molecule has 1 aliphatic rings. The molecule has 10 heteroatoms. The lowest BCUT2D eigenvalue weighted by Crippen LogP contribution is -2.43. The van der Waals surface area contributed by atoms with Crippen LogP contribution < -0.4 is 22.1 Å². The zero-order valence-electron chi connectivity index (χ0n) is 17.6. The molecule has 1 amide bonds. The smallest absolute Gasteiger partial charge is 0.252 e. The van der Waals surface area contributed by atoms with E-state index in [1.165, 1.54) is 12.3 Å². The minimum Gasteiger partial charge on any atom is -0.365 e. The quantitative estimate of drug-likeness (QED) is 0.416. The third-order valence-corrected chi connectivity index (χ3v) is 5.93. The van der Waals surface area contributed by atoms with Crippen molar-refractivity contribution in [2.75, 3.05) is 10.6 Å². The van der Waals surface area contributed by atoms with E-state index in [1.54, 1.807) is 24.3 Å². The van der Waals surface area contributed by atoms with E-state index in [-0.39, 0.29) is 39.9 Å². The number of carbonyl (C=O) groups is 1. The molecular weight excluding hydrogens is 450 g/mol. The van der Waals surface area contributed by atoms with Crippen molar-refractivity contribution >= 4 is 34.8 Å². The fourth-order valence-electron chi connectivity index (χ4n) is 3.88.